The van der Waals surface area contributed by atoms with E-state index in [1.807, 2.05) is 6.92 Å². The predicted molar refractivity (Wildman–Crippen MR) is 68.4 cm³/mol. The Labute approximate surface area is 112 Å². The average Bonchev–Trinajstić information content (AvgIpc) is 2.37. The normalized spacial score (nSPS) is 17.9. The number of carboxylic acid groups (broad SMARTS) is 1. The molecule has 1 fully saturated rings. The molecule has 108 valence electrons. The maximum atomic E-state index is 12.0. The molecule has 1 aliphatic rings. The van der Waals surface area contributed by atoms with Gasteiger partial charge in [0.15, 0.2) is 0 Å². The van der Waals surface area contributed by atoms with E-state index >= 15 is 0 Å². The fourth-order valence-corrected chi connectivity index (χ4v) is 2.39. The van der Waals surface area contributed by atoms with E-state index in [2.05, 4.69) is 0 Å². The Morgan fingerprint density at radius 3 is 2.21 bits per heavy atom. The molecule has 0 unspecified atom stereocenters. The van der Waals surface area contributed by atoms with Crippen molar-refractivity contribution in [1.29, 1.82) is 0 Å². The number of likely N-dealkylation sites (tertiary alicyclic amines) is 1. The number of nitrogens with two attached hydrogens (primary N) is 1. The topological polar surface area (TPSA) is 104 Å². The second-order valence-corrected chi connectivity index (χ2v) is 5.03. The zero-order chi connectivity index (χ0) is 14.6. The molecule has 1 heterocycles. The van der Waals surface area contributed by atoms with Crippen LogP contribution < -0.4 is 5.73 Å². The van der Waals surface area contributed by atoms with Crippen LogP contribution >= 0.6 is 0 Å². The van der Waals surface area contributed by atoms with Crippen molar-refractivity contribution in [3.8, 4) is 0 Å². The van der Waals surface area contributed by atoms with Gasteiger partial charge >= 0.3 is 12.0 Å². The number of hydrogen-bond donors (Lipinski definition) is 2. The summed E-state index contributed by atoms with van der Waals surface area (Å²) in [6.07, 6.45) is 1.44. The zero-order valence-electron chi connectivity index (χ0n) is 11.4. The molecule has 0 atom stereocenters. The van der Waals surface area contributed by atoms with Crippen molar-refractivity contribution in [3.05, 3.63) is 0 Å². The third kappa shape index (κ3) is 3.36. The van der Waals surface area contributed by atoms with Gasteiger partial charge in [-0.25, -0.2) is 4.79 Å². The van der Waals surface area contributed by atoms with Gasteiger partial charge in [0.25, 0.3) is 0 Å². The van der Waals surface area contributed by atoms with Gasteiger partial charge < -0.3 is 20.6 Å². The number of urea groups is 1. The minimum atomic E-state index is -0.799. The molecule has 0 aromatic rings. The van der Waals surface area contributed by atoms with Crippen LogP contribution in [0, 0.1) is 5.41 Å². The second kappa shape index (κ2) is 5.90. The van der Waals surface area contributed by atoms with Gasteiger partial charge in [0.05, 0.1) is 5.41 Å². The molecule has 1 aliphatic heterocycles. The van der Waals surface area contributed by atoms with E-state index in [4.69, 9.17) is 5.73 Å². The molecule has 0 saturated carbocycles. The number of carboxylic acids is 1. The number of rotatable bonds is 4. The number of primary amides is 1. The van der Waals surface area contributed by atoms with E-state index in [-0.39, 0.29) is 12.6 Å². The van der Waals surface area contributed by atoms with Gasteiger partial charge in [0.1, 0.15) is 6.54 Å². The fraction of sp³-hybridized carbons (Fsp3) is 0.750. The molecule has 0 radical (unpaired) electrons. The summed E-state index contributed by atoms with van der Waals surface area (Å²) in [5.74, 6) is -1.37. The summed E-state index contributed by atoms with van der Waals surface area (Å²) in [5.41, 5.74) is 4.31. The molecule has 0 aromatic carbocycles. The number of carbonyl (C=O) groups is 3. The van der Waals surface area contributed by atoms with Crippen molar-refractivity contribution in [3.63, 3.8) is 0 Å². The van der Waals surface area contributed by atoms with E-state index in [9.17, 15) is 19.5 Å². The van der Waals surface area contributed by atoms with Gasteiger partial charge in [-0.15, -0.1) is 0 Å². The number of carbonyl (C=O) groups excluding carboxylic acids is 2. The van der Waals surface area contributed by atoms with Crippen LogP contribution in [0.25, 0.3) is 0 Å². The predicted octanol–water partition coefficient (Wildman–Crippen LogP) is 0.100. The van der Waals surface area contributed by atoms with Crippen LogP contribution in [-0.4, -0.2) is 59.5 Å². The lowest BCUT2D eigenvalue weighted by Gasteiger charge is -2.39. The van der Waals surface area contributed by atoms with Crippen molar-refractivity contribution in [1.82, 2.24) is 9.80 Å². The number of aliphatic carboxylic acids is 1. The molecular weight excluding hydrogens is 250 g/mol. The van der Waals surface area contributed by atoms with Crippen LogP contribution in [0.15, 0.2) is 0 Å². The first-order chi connectivity index (χ1) is 8.82. The third-order valence-corrected chi connectivity index (χ3v) is 3.84. The molecule has 0 aliphatic carbocycles. The monoisotopic (exact) mass is 271 g/mol. The van der Waals surface area contributed by atoms with E-state index in [0.717, 1.165) is 0 Å². The van der Waals surface area contributed by atoms with Crippen molar-refractivity contribution in [2.45, 2.75) is 26.2 Å². The molecule has 3 N–H and O–H groups in total. The van der Waals surface area contributed by atoms with Crippen LogP contribution in [0.2, 0.25) is 0 Å². The summed E-state index contributed by atoms with van der Waals surface area (Å²) in [7, 11) is 1.51. The number of piperidine rings is 1. The third-order valence-electron chi connectivity index (χ3n) is 3.84. The fourth-order valence-electron chi connectivity index (χ4n) is 2.39. The lowest BCUT2D eigenvalue weighted by molar-refractivity contribution is -0.152. The van der Waals surface area contributed by atoms with Gasteiger partial charge in [-0.2, -0.15) is 0 Å². The van der Waals surface area contributed by atoms with Crippen LogP contribution in [0.5, 0.6) is 0 Å². The molecule has 1 rings (SSSR count). The quantitative estimate of drug-likeness (QED) is 0.756. The van der Waals surface area contributed by atoms with Crippen LogP contribution in [-0.2, 0) is 9.59 Å². The van der Waals surface area contributed by atoms with Gasteiger partial charge in [-0.05, 0) is 19.3 Å². The molecule has 7 nitrogen and oxygen atoms in total. The summed E-state index contributed by atoms with van der Waals surface area (Å²) >= 11 is 0. The Balaban J connectivity index is 2.60. The summed E-state index contributed by atoms with van der Waals surface area (Å²) in [4.78, 5) is 36.9. The molecular formula is C12H21N3O4. The highest BCUT2D eigenvalue weighted by atomic mass is 16.4. The summed E-state index contributed by atoms with van der Waals surface area (Å²) in [6.45, 7) is 2.50. The molecule has 3 amide bonds. The minimum absolute atomic E-state index is 0.132. The summed E-state index contributed by atoms with van der Waals surface area (Å²) in [5, 5.41) is 9.27. The summed E-state index contributed by atoms with van der Waals surface area (Å²) in [6, 6.07) is -0.283. The smallest absolute Gasteiger partial charge is 0.320 e. The molecule has 19 heavy (non-hydrogen) atoms. The van der Waals surface area contributed by atoms with E-state index < -0.39 is 17.3 Å². The van der Waals surface area contributed by atoms with E-state index in [1.54, 1.807) is 4.90 Å². The van der Waals surface area contributed by atoms with Crippen LogP contribution in [0.1, 0.15) is 26.2 Å². The average molecular weight is 271 g/mol. The highest BCUT2D eigenvalue weighted by molar-refractivity contribution is 5.83. The molecule has 1 saturated heterocycles. The first kappa shape index (κ1) is 15.3. The maximum Gasteiger partial charge on any atom is 0.320 e. The van der Waals surface area contributed by atoms with E-state index in [1.165, 1.54) is 11.9 Å². The van der Waals surface area contributed by atoms with Crippen molar-refractivity contribution < 1.29 is 19.5 Å². The Morgan fingerprint density at radius 2 is 1.84 bits per heavy atom. The maximum absolute atomic E-state index is 12.0. The SMILES string of the molecule is CCC1(C(=O)O)CCN(C(=O)N(C)CC(N)=O)CC1. The largest absolute Gasteiger partial charge is 0.481 e. The number of hydrogen-bond acceptors (Lipinski definition) is 3. The Kier molecular flexibility index (Phi) is 4.74. The lowest BCUT2D eigenvalue weighted by atomic mass is 9.76. The highest BCUT2D eigenvalue weighted by Gasteiger charge is 2.41. The molecule has 7 heteroatoms. The number of amides is 3. The van der Waals surface area contributed by atoms with Gasteiger partial charge in [0.2, 0.25) is 5.91 Å². The van der Waals surface area contributed by atoms with Gasteiger partial charge in [-0.1, -0.05) is 6.92 Å². The minimum Gasteiger partial charge on any atom is -0.481 e. The Bertz CT molecular complexity index is 375. The standard InChI is InChI=1S/C12H21N3O4/c1-3-12(10(17)18)4-6-15(7-5-12)11(19)14(2)8-9(13)16/h3-8H2,1-2H3,(H2,13,16)(H,17,18). The molecule has 0 spiro atoms. The second-order valence-electron chi connectivity index (χ2n) is 5.03. The van der Waals surface area contributed by atoms with E-state index in [0.29, 0.717) is 32.4 Å². The van der Waals surface area contributed by atoms with Gasteiger partial charge in [-0.3, -0.25) is 9.59 Å². The first-order valence-corrected chi connectivity index (χ1v) is 6.34. The number of nitrogens with zero attached hydrogens (tertiary/aromatic N) is 2. The van der Waals surface area contributed by atoms with Crippen LogP contribution in [0.4, 0.5) is 4.79 Å². The molecule has 0 bridgehead atoms. The molecule has 0 aromatic heterocycles. The van der Waals surface area contributed by atoms with Crippen molar-refractivity contribution in [2.24, 2.45) is 11.1 Å². The first-order valence-electron chi connectivity index (χ1n) is 6.34. The zero-order valence-corrected chi connectivity index (χ0v) is 11.4. The summed E-state index contributed by atoms with van der Waals surface area (Å²) < 4.78 is 0. The highest BCUT2D eigenvalue weighted by Crippen LogP contribution is 2.35. The van der Waals surface area contributed by atoms with Crippen LogP contribution in [0.3, 0.4) is 0 Å². The van der Waals surface area contributed by atoms with Crippen molar-refractivity contribution in [2.75, 3.05) is 26.7 Å². The Hall–Kier alpha value is -1.79. The Morgan fingerprint density at radius 1 is 1.32 bits per heavy atom. The lowest BCUT2D eigenvalue weighted by Crippen LogP contribution is -2.51. The van der Waals surface area contributed by atoms with Gasteiger partial charge in [0, 0.05) is 20.1 Å². The number of likely N-dealkylation sites (N-methyl/N-ethyl adjacent to an activating group) is 1. The van der Waals surface area contributed by atoms with Crippen molar-refractivity contribution >= 4 is 17.9 Å².